The summed E-state index contributed by atoms with van der Waals surface area (Å²) >= 11 is 13.8. The van der Waals surface area contributed by atoms with Gasteiger partial charge in [0.25, 0.3) is 5.56 Å². The summed E-state index contributed by atoms with van der Waals surface area (Å²) in [4.78, 5) is 13.4. The Morgan fingerprint density at radius 3 is 2.12 bits per heavy atom. The molecule has 8 heteroatoms. The SMILES string of the molecule is C.CCc1c(O)cc(=O)[nH]c1C.O=P(Cl)(Cl)Cl. The maximum absolute atomic E-state index is 10.8. The van der Waals surface area contributed by atoms with Crippen molar-refractivity contribution in [3.05, 3.63) is 27.7 Å². The number of aromatic hydroxyl groups is 1. The third-order valence-electron chi connectivity index (χ3n) is 1.69. The van der Waals surface area contributed by atoms with Crippen LogP contribution in [-0.2, 0) is 11.0 Å². The van der Waals surface area contributed by atoms with Crippen molar-refractivity contribution in [1.82, 2.24) is 4.98 Å². The van der Waals surface area contributed by atoms with Gasteiger partial charge in [0.2, 0.25) is 0 Å². The van der Waals surface area contributed by atoms with Gasteiger partial charge in [0.1, 0.15) is 5.75 Å². The van der Waals surface area contributed by atoms with Crippen LogP contribution in [-0.4, -0.2) is 10.1 Å². The third kappa shape index (κ3) is 9.54. The molecule has 0 bridgehead atoms. The zero-order chi connectivity index (χ0) is 12.9. The van der Waals surface area contributed by atoms with E-state index in [2.05, 4.69) is 38.7 Å². The lowest BCUT2D eigenvalue weighted by Gasteiger charge is -2.03. The number of pyridine rings is 1. The van der Waals surface area contributed by atoms with Crippen molar-refractivity contribution in [2.24, 2.45) is 0 Å². The molecular formula is C9H15Cl3NO3P. The van der Waals surface area contributed by atoms with E-state index in [1.807, 2.05) is 6.92 Å². The van der Waals surface area contributed by atoms with Crippen LogP contribution in [0.25, 0.3) is 0 Å². The number of H-pyrrole nitrogens is 1. The fourth-order valence-electron chi connectivity index (χ4n) is 1.15. The predicted molar refractivity (Wildman–Crippen MR) is 74.7 cm³/mol. The molecule has 0 aliphatic carbocycles. The molecule has 0 radical (unpaired) electrons. The maximum Gasteiger partial charge on any atom is 0.339 e. The summed E-state index contributed by atoms with van der Waals surface area (Å²) in [5, 5.41) is 6.03. The molecule has 1 aromatic heterocycles. The van der Waals surface area contributed by atoms with Crippen LogP contribution < -0.4 is 5.56 Å². The van der Waals surface area contributed by atoms with E-state index in [0.717, 1.165) is 17.7 Å². The molecule has 0 aliphatic heterocycles. The average molecular weight is 323 g/mol. The second-order valence-electron chi connectivity index (χ2n) is 2.87. The van der Waals surface area contributed by atoms with E-state index in [-0.39, 0.29) is 18.7 Å². The first-order valence-corrected chi connectivity index (χ1v) is 8.68. The number of halogens is 3. The first kappa shape index (κ1) is 19.2. The van der Waals surface area contributed by atoms with Crippen LogP contribution in [0.15, 0.2) is 10.9 Å². The fraction of sp³-hybridized carbons (Fsp3) is 0.444. The van der Waals surface area contributed by atoms with Crippen LogP contribution >= 0.6 is 38.9 Å². The highest BCUT2D eigenvalue weighted by Crippen LogP contribution is 2.61. The lowest BCUT2D eigenvalue weighted by atomic mass is 10.1. The molecule has 0 unspecified atom stereocenters. The monoisotopic (exact) mass is 321 g/mol. The minimum Gasteiger partial charge on any atom is -0.507 e. The highest BCUT2D eigenvalue weighted by atomic mass is 36.0. The Morgan fingerprint density at radius 2 is 1.82 bits per heavy atom. The summed E-state index contributed by atoms with van der Waals surface area (Å²) in [6.07, 6.45) is 0.731. The van der Waals surface area contributed by atoms with Crippen molar-refractivity contribution in [3.63, 3.8) is 0 Å². The van der Waals surface area contributed by atoms with E-state index in [9.17, 15) is 14.5 Å². The highest BCUT2D eigenvalue weighted by molar-refractivity contribution is 8.24. The number of aryl methyl sites for hydroxylation is 1. The van der Waals surface area contributed by atoms with Crippen molar-refractivity contribution >= 4 is 38.9 Å². The number of aromatic amines is 1. The molecule has 0 aromatic carbocycles. The van der Waals surface area contributed by atoms with E-state index < -0.39 is 5.20 Å². The van der Waals surface area contributed by atoms with Crippen LogP contribution in [0.3, 0.4) is 0 Å². The molecule has 0 spiro atoms. The zero-order valence-electron chi connectivity index (χ0n) is 8.63. The Bertz CT molecular complexity index is 421. The van der Waals surface area contributed by atoms with Gasteiger partial charge in [-0.3, -0.25) is 9.36 Å². The number of hydrogen-bond acceptors (Lipinski definition) is 3. The number of nitrogens with one attached hydrogen (secondary N) is 1. The summed E-state index contributed by atoms with van der Waals surface area (Å²) < 4.78 is 9.51. The molecule has 0 saturated heterocycles. The Balaban J connectivity index is 0. The molecule has 0 fully saturated rings. The van der Waals surface area contributed by atoms with Gasteiger partial charge < -0.3 is 10.1 Å². The Hall–Kier alpha value is -0.150. The van der Waals surface area contributed by atoms with E-state index in [1.165, 1.54) is 6.07 Å². The van der Waals surface area contributed by atoms with Crippen molar-refractivity contribution in [1.29, 1.82) is 0 Å². The van der Waals surface area contributed by atoms with Crippen LogP contribution in [0.4, 0.5) is 0 Å². The van der Waals surface area contributed by atoms with Crippen LogP contribution in [0.2, 0.25) is 0 Å². The minimum atomic E-state index is -3.22. The van der Waals surface area contributed by atoms with Crippen LogP contribution in [0.1, 0.15) is 25.6 Å². The van der Waals surface area contributed by atoms with Crippen molar-refractivity contribution < 1.29 is 9.67 Å². The minimum absolute atomic E-state index is 0. The van der Waals surface area contributed by atoms with Crippen molar-refractivity contribution in [3.8, 4) is 5.75 Å². The molecule has 1 aromatic rings. The van der Waals surface area contributed by atoms with E-state index in [1.54, 1.807) is 6.92 Å². The molecular weight excluding hydrogens is 307 g/mol. The van der Waals surface area contributed by atoms with E-state index >= 15 is 0 Å². The summed E-state index contributed by atoms with van der Waals surface area (Å²) in [7, 11) is 0. The first-order valence-electron chi connectivity index (χ1n) is 4.26. The standard InChI is InChI=1S/C8H11NO2.CH4.Cl3OP/c1-3-6-5(2)9-8(11)4-7(6)10;;1-5(2,3)4/h4H,3H2,1-2H3,(H2,9,10,11);1H4;. The lowest BCUT2D eigenvalue weighted by Crippen LogP contribution is -2.07. The van der Waals surface area contributed by atoms with Gasteiger partial charge in [-0.2, -0.15) is 0 Å². The Morgan fingerprint density at radius 1 is 1.41 bits per heavy atom. The molecule has 0 saturated carbocycles. The third-order valence-corrected chi connectivity index (χ3v) is 1.69. The zero-order valence-corrected chi connectivity index (χ0v) is 11.8. The van der Waals surface area contributed by atoms with Gasteiger partial charge in [-0.05, 0) is 47.1 Å². The Kier molecular flexibility index (Phi) is 9.08. The fourth-order valence-corrected chi connectivity index (χ4v) is 1.15. The summed E-state index contributed by atoms with van der Waals surface area (Å²) in [6.45, 7) is 3.71. The molecule has 2 N–H and O–H groups in total. The molecule has 17 heavy (non-hydrogen) atoms. The van der Waals surface area contributed by atoms with Crippen LogP contribution in [0, 0.1) is 6.92 Å². The summed E-state index contributed by atoms with van der Waals surface area (Å²) in [6, 6.07) is 1.20. The molecule has 0 aliphatic rings. The van der Waals surface area contributed by atoms with Gasteiger partial charge >= 0.3 is 5.20 Å². The first-order chi connectivity index (χ1) is 7.15. The number of hydrogen-bond donors (Lipinski definition) is 2. The molecule has 1 rings (SSSR count). The van der Waals surface area contributed by atoms with Crippen molar-refractivity contribution in [2.75, 3.05) is 0 Å². The quantitative estimate of drug-likeness (QED) is 0.753. The second-order valence-corrected chi connectivity index (χ2v) is 9.51. The number of rotatable bonds is 1. The highest BCUT2D eigenvalue weighted by Gasteiger charge is 2.03. The predicted octanol–water partition coefficient (Wildman–Crippen LogP) is 4.40. The Labute approximate surface area is 115 Å². The number of aromatic nitrogens is 1. The lowest BCUT2D eigenvalue weighted by molar-refractivity contribution is 0.466. The second kappa shape index (κ2) is 8.04. The summed E-state index contributed by atoms with van der Waals surface area (Å²) in [5.74, 6) is 0.0914. The maximum atomic E-state index is 10.8. The normalized spacial score (nSPS) is 9.94. The van der Waals surface area contributed by atoms with Gasteiger partial charge in [0.05, 0.1) is 0 Å². The van der Waals surface area contributed by atoms with Gasteiger partial charge in [-0.25, -0.2) is 0 Å². The van der Waals surface area contributed by atoms with E-state index in [4.69, 9.17) is 0 Å². The summed E-state index contributed by atoms with van der Waals surface area (Å²) in [5.41, 5.74) is 1.30. The molecule has 1 heterocycles. The molecule has 0 amide bonds. The average Bonchev–Trinajstić information content (AvgIpc) is 1.99. The smallest absolute Gasteiger partial charge is 0.339 e. The van der Waals surface area contributed by atoms with Crippen LogP contribution in [0.5, 0.6) is 5.75 Å². The van der Waals surface area contributed by atoms with Gasteiger partial charge in [0.15, 0.2) is 0 Å². The van der Waals surface area contributed by atoms with E-state index in [0.29, 0.717) is 0 Å². The largest absolute Gasteiger partial charge is 0.507 e. The molecule has 0 atom stereocenters. The van der Waals surface area contributed by atoms with Gasteiger partial charge in [0, 0.05) is 17.3 Å². The van der Waals surface area contributed by atoms with Gasteiger partial charge in [-0.1, -0.05) is 14.4 Å². The molecule has 4 nitrogen and oxygen atoms in total. The molecule has 100 valence electrons. The topological polar surface area (TPSA) is 70.2 Å². The van der Waals surface area contributed by atoms with Gasteiger partial charge in [-0.15, -0.1) is 0 Å². The van der Waals surface area contributed by atoms with Crippen molar-refractivity contribution in [2.45, 2.75) is 27.7 Å².